The molecule has 11 heavy (non-hydrogen) atoms. The maximum Gasteiger partial charge on any atom is 0.0369 e. The van der Waals surface area contributed by atoms with Crippen molar-refractivity contribution in [2.45, 2.75) is 19.3 Å². The maximum absolute atomic E-state index is 5.78. The number of allylic oxidation sites excluding steroid dienone is 6. The molecule has 0 aromatic rings. The maximum atomic E-state index is 5.78. The average molecular weight is 167 g/mol. The Bertz CT molecular complexity index is 242. The van der Waals surface area contributed by atoms with Crippen molar-refractivity contribution in [2.24, 2.45) is 5.92 Å². The van der Waals surface area contributed by atoms with Gasteiger partial charge in [0.1, 0.15) is 0 Å². The minimum absolute atomic E-state index is 0.873. The number of halogens is 1. The summed E-state index contributed by atoms with van der Waals surface area (Å²) in [5.74, 6) is 0.875. The van der Waals surface area contributed by atoms with Gasteiger partial charge in [0.15, 0.2) is 0 Å². The van der Waals surface area contributed by atoms with Crippen molar-refractivity contribution in [3.63, 3.8) is 0 Å². The lowest BCUT2D eigenvalue weighted by molar-refractivity contribution is 1.08. The zero-order chi connectivity index (χ0) is 7.68. The first kappa shape index (κ1) is 7.17. The van der Waals surface area contributed by atoms with E-state index in [1.54, 1.807) is 0 Å². The predicted molar refractivity (Wildman–Crippen MR) is 48.5 cm³/mol. The summed E-state index contributed by atoms with van der Waals surface area (Å²) in [6.07, 6.45) is 12.3. The summed E-state index contributed by atoms with van der Waals surface area (Å²) in [4.78, 5) is 0. The van der Waals surface area contributed by atoms with Crippen LogP contribution in [-0.2, 0) is 0 Å². The van der Waals surface area contributed by atoms with E-state index in [-0.39, 0.29) is 0 Å². The van der Waals surface area contributed by atoms with Crippen LogP contribution in [0.2, 0.25) is 0 Å². The molecule has 0 aliphatic heterocycles. The Morgan fingerprint density at radius 1 is 1.36 bits per heavy atom. The second-order valence-electron chi connectivity index (χ2n) is 3.21. The third kappa shape index (κ3) is 1.97. The molecule has 0 saturated heterocycles. The Morgan fingerprint density at radius 3 is 2.73 bits per heavy atom. The van der Waals surface area contributed by atoms with Crippen LogP contribution in [0.5, 0.6) is 0 Å². The van der Waals surface area contributed by atoms with Crippen molar-refractivity contribution in [2.75, 3.05) is 0 Å². The van der Waals surface area contributed by atoms with Gasteiger partial charge in [-0.1, -0.05) is 29.8 Å². The van der Waals surface area contributed by atoms with E-state index in [2.05, 4.69) is 18.2 Å². The number of hydrogen-bond donors (Lipinski definition) is 0. The molecule has 1 heteroatoms. The lowest BCUT2D eigenvalue weighted by Crippen LogP contribution is -1.83. The molecule has 0 radical (unpaired) electrons. The van der Waals surface area contributed by atoms with Crippen LogP contribution in [0.1, 0.15) is 19.3 Å². The molecule has 0 nitrogen and oxygen atoms in total. The molecule has 58 valence electrons. The standard InChI is InChI=1S/C10H11Cl/c11-10-5-3-9(4-6-10)7-8-1-2-8/h3,5-8H,1-2,4H2. The minimum Gasteiger partial charge on any atom is -0.0847 e. The third-order valence-corrected chi connectivity index (χ3v) is 2.34. The molecular formula is C10H11Cl. The van der Waals surface area contributed by atoms with Crippen LogP contribution < -0.4 is 0 Å². The van der Waals surface area contributed by atoms with Crippen LogP contribution in [0.3, 0.4) is 0 Å². The van der Waals surface area contributed by atoms with Gasteiger partial charge in [0.2, 0.25) is 0 Å². The fourth-order valence-corrected chi connectivity index (χ4v) is 1.37. The molecule has 0 unspecified atom stereocenters. The SMILES string of the molecule is ClC1=CCC(=CC2CC2)C=C1. The second kappa shape index (κ2) is 2.86. The van der Waals surface area contributed by atoms with E-state index in [1.165, 1.54) is 18.4 Å². The Hall–Kier alpha value is -0.490. The molecule has 0 amide bonds. The van der Waals surface area contributed by atoms with E-state index in [0.717, 1.165) is 17.4 Å². The molecule has 0 aromatic heterocycles. The van der Waals surface area contributed by atoms with Crippen LogP contribution >= 0.6 is 11.6 Å². The number of rotatable bonds is 1. The highest BCUT2D eigenvalue weighted by molar-refractivity contribution is 6.31. The van der Waals surface area contributed by atoms with E-state index >= 15 is 0 Å². The van der Waals surface area contributed by atoms with Crippen molar-refractivity contribution in [1.29, 1.82) is 0 Å². The fourth-order valence-electron chi connectivity index (χ4n) is 1.23. The van der Waals surface area contributed by atoms with Crippen molar-refractivity contribution in [3.05, 3.63) is 34.9 Å². The van der Waals surface area contributed by atoms with Gasteiger partial charge in [0.25, 0.3) is 0 Å². The van der Waals surface area contributed by atoms with Gasteiger partial charge in [-0.25, -0.2) is 0 Å². The molecule has 2 aliphatic carbocycles. The van der Waals surface area contributed by atoms with Crippen molar-refractivity contribution in [3.8, 4) is 0 Å². The third-order valence-electron chi connectivity index (χ3n) is 2.06. The quantitative estimate of drug-likeness (QED) is 0.560. The molecule has 0 N–H and O–H groups in total. The lowest BCUT2D eigenvalue weighted by Gasteiger charge is -2.03. The molecular weight excluding hydrogens is 156 g/mol. The highest BCUT2D eigenvalue weighted by atomic mass is 35.5. The van der Waals surface area contributed by atoms with Crippen molar-refractivity contribution >= 4 is 11.6 Å². The van der Waals surface area contributed by atoms with Crippen molar-refractivity contribution < 1.29 is 0 Å². The molecule has 2 rings (SSSR count). The van der Waals surface area contributed by atoms with Gasteiger partial charge in [-0.05, 0) is 36.8 Å². The predicted octanol–water partition coefficient (Wildman–Crippen LogP) is 3.41. The second-order valence-corrected chi connectivity index (χ2v) is 3.64. The van der Waals surface area contributed by atoms with E-state index in [0.29, 0.717) is 0 Å². The molecule has 0 spiro atoms. The summed E-state index contributed by atoms with van der Waals surface area (Å²) in [5, 5.41) is 0.873. The van der Waals surface area contributed by atoms with Crippen LogP contribution in [-0.4, -0.2) is 0 Å². The fraction of sp³-hybridized carbons (Fsp3) is 0.400. The van der Waals surface area contributed by atoms with Gasteiger partial charge in [0.05, 0.1) is 0 Å². The molecule has 0 aromatic carbocycles. The molecule has 2 aliphatic rings. The minimum atomic E-state index is 0.873. The highest BCUT2D eigenvalue weighted by Crippen LogP contribution is 2.33. The van der Waals surface area contributed by atoms with Crippen molar-refractivity contribution in [1.82, 2.24) is 0 Å². The average Bonchev–Trinajstić information content (AvgIpc) is 2.78. The summed E-state index contributed by atoms with van der Waals surface area (Å²) in [6, 6.07) is 0. The first-order valence-corrected chi connectivity index (χ1v) is 4.47. The topological polar surface area (TPSA) is 0 Å². The number of hydrogen-bond acceptors (Lipinski definition) is 0. The van der Waals surface area contributed by atoms with E-state index in [9.17, 15) is 0 Å². The molecule has 0 atom stereocenters. The van der Waals surface area contributed by atoms with Crippen LogP contribution in [0.25, 0.3) is 0 Å². The first-order chi connectivity index (χ1) is 5.34. The summed E-state index contributed by atoms with van der Waals surface area (Å²) >= 11 is 5.78. The Labute approximate surface area is 72.2 Å². The van der Waals surface area contributed by atoms with Gasteiger partial charge in [-0.15, -0.1) is 0 Å². The molecule has 0 heterocycles. The molecule has 0 bridgehead atoms. The summed E-state index contributed by atoms with van der Waals surface area (Å²) in [6.45, 7) is 0. The van der Waals surface area contributed by atoms with Gasteiger partial charge in [-0.2, -0.15) is 0 Å². The van der Waals surface area contributed by atoms with Gasteiger partial charge in [0, 0.05) is 5.03 Å². The van der Waals surface area contributed by atoms with E-state index in [1.807, 2.05) is 6.08 Å². The van der Waals surface area contributed by atoms with Gasteiger partial charge in [-0.3, -0.25) is 0 Å². The summed E-state index contributed by atoms with van der Waals surface area (Å²) in [5.41, 5.74) is 1.43. The van der Waals surface area contributed by atoms with Gasteiger partial charge < -0.3 is 0 Å². The monoisotopic (exact) mass is 166 g/mol. The Balaban J connectivity index is 2.03. The lowest BCUT2D eigenvalue weighted by atomic mass is 10.1. The summed E-state index contributed by atoms with van der Waals surface area (Å²) < 4.78 is 0. The smallest absolute Gasteiger partial charge is 0.0369 e. The first-order valence-electron chi connectivity index (χ1n) is 4.09. The van der Waals surface area contributed by atoms with Crippen LogP contribution in [0, 0.1) is 5.92 Å². The zero-order valence-corrected chi connectivity index (χ0v) is 7.14. The highest BCUT2D eigenvalue weighted by Gasteiger charge is 2.18. The van der Waals surface area contributed by atoms with E-state index in [4.69, 9.17) is 11.6 Å². The summed E-state index contributed by atoms with van der Waals surface area (Å²) in [7, 11) is 0. The van der Waals surface area contributed by atoms with Gasteiger partial charge >= 0.3 is 0 Å². The normalized spacial score (nSPS) is 27.4. The molecule has 1 saturated carbocycles. The Morgan fingerprint density at radius 2 is 2.18 bits per heavy atom. The molecule has 1 fully saturated rings. The Kier molecular flexibility index (Phi) is 1.87. The van der Waals surface area contributed by atoms with E-state index < -0.39 is 0 Å². The largest absolute Gasteiger partial charge is 0.0847 e. The van der Waals surface area contributed by atoms with Crippen LogP contribution in [0.4, 0.5) is 0 Å². The zero-order valence-electron chi connectivity index (χ0n) is 6.39. The van der Waals surface area contributed by atoms with Crippen LogP contribution in [0.15, 0.2) is 34.9 Å².